The van der Waals surface area contributed by atoms with Crippen LogP contribution in [-0.2, 0) is 0 Å². The van der Waals surface area contributed by atoms with Crippen LogP contribution >= 0.6 is 0 Å². The third-order valence-corrected chi connectivity index (χ3v) is 9.41. The van der Waals surface area contributed by atoms with E-state index in [0.29, 0.717) is 5.89 Å². The zero-order chi connectivity index (χ0) is 31.6. The summed E-state index contributed by atoms with van der Waals surface area (Å²) >= 11 is 0. The third kappa shape index (κ3) is 4.10. The van der Waals surface area contributed by atoms with Gasteiger partial charge in [0.15, 0.2) is 5.58 Å². The predicted molar refractivity (Wildman–Crippen MR) is 197 cm³/mol. The zero-order valence-corrected chi connectivity index (χ0v) is 25.8. The highest BCUT2D eigenvalue weighted by Gasteiger charge is 2.20. The Kier molecular flexibility index (Phi) is 5.84. The molecule has 4 heteroatoms. The van der Waals surface area contributed by atoms with Gasteiger partial charge < -0.3 is 8.98 Å². The normalized spacial score (nSPS) is 11.8. The van der Waals surface area contributed by atoms with Crippen molar-refractivity contribution in [2.45, 2.75) is 0 Å². The number of aromatic nitrogens is 3. The summed E-state index contributed by atoms with van der Waals surface area (Å²) in [4.78, 5) is 10.1. The lowest BCUT2D eigenvalue weighted by atomic mass is 9.95. The lowest BCUT2D eigenvalue weighted by Crippen LogP contribution is -1.97. The van der Waals surface area contributed by atoms with Crippen LogP contribution in [0.5, 0.6) is 0 Å². The smallest absolute Gasteiger partial charge is 0.227 e. The minimum Gasteiger partial charge on any atom is -0.436 e. The molecule has 0 N–H and O–H groups in total. The summed E-state index contributed by atoms with van der Waals surface area (Å²) in [6.07, 6.45) is 0. The predicted octanol–water partition coefficient (Wildman–Crippen LogP) is 11.6. The highest BCUT2D eigenvalue weighted by Crippen LogP contribution is 2.42. The topological polar surface area (TPSA) is 43.9 Å². The number of pyridine rings is 1. The van der Waals surface area contributed by atoms with Gasteiger partial charge in [-0.25, -0.2) is 9.97 Å². The minimum atomic E-state index is 0.626. The molecule has 0 aliphatic carbocycles. The molecular formula is C44H27N3O. The van der Waals surface area contributed by atoms with Crippen molar-refractivity contribution >= 4 is 54.6 Å². The van der Waals surface area contributed by atoms with Crippen LogP contribution in [0.4, 0.5) is 0 Å². The van der Waals surface area contributed by atoms with Gasteiger partial charge in [-0.3, -0.25) is 0 Å². The maximum Gasteiger partial charge on any atom is 0.227 e. The number of fused-ring (bicyclic) bond motifs is 8. The monoisotopic (exact) mass is 613 g/mol. The van der Waals surface area contributed by atoms with Crippen LogP contribution in [0.3, 0.4) is 0 Å². The SMILES string of the molecule is c1ccc(-n2c3ccccc3c3ccc4c5ccccc5nc(-c5cccc(-c6ccc(-c7nc8ccccc8o7)cc6)c5)c4c32)cc1. The summed E-state index contributed by atoms with van der Waals surface area (Å²) in [5, 5.41) is 5.93. The Morgan fingerprint density at radius 2 is 1.12 bits per heavy atom. The van der Waals surface area contributed by atoms with Gasteiger partial charge in [0, 0.05) is 38.4 Å². The van der Waals surface area contributed by atoms with Gasteiger partial charge in [-0.2, -0.15) is 0 Å². The molecule has 48 heavy (non-hydrogen) atoms. The second kappa shape index (κ2) is 10.5. The Bertz CT molecular complexity index is 2790. The number of para-hydroxylation sites is 5. The fourth-order valence-electron chi connectivity index (χ4n) is 7.20. The molecule has 0 saturated heterocycles. The molecule has 7 aromatic carbocycles. The number of nitrogens with zero attached hydrogens (tertiary/aromatic N) is 3. The number of benzene rings is 7. The van der Waals surface area contributed by atoms with Crippen LogP contribution < -0.4 is 0 Å². The summed E-state index contributed by atoms with van der Waals surface area (Å²) in [7, 11) is 0. The quantitative estimate of drug-likeness (QED) is 0.186. The lowest BCUT2D eigenvalue weighted by Gasteiger charge is -2.15. The van der Waals surface area contributed by atoms with Gasteiger partial charge in [0.1, 0.15) is 5.52 Å². The fourth-order valence-corrected chi connectivity index (χ4v) is 7.20. The third-order valence-electron chi connectivity index (χ3n) is 9.41. The fraction of sp³-hybridized carbons (Fsp3) is 0. The highest BCUT2D eigenvalue weighted by atomic mass is 16.3. The van der Waals surface area contributed by atoms with Crippen molar-refractivity contribution in [1.82, 2.24) is 14.5 Å². The number of hydrogen-bond acceptors (Lipinski definition) is 3. The molecule has 0 fully saturated rings. The standard InChI is InChI=1S/C44H27N3O/c1-2-13-32(14-3-1)47-39-19-8-5-16-34(39)36-26-25-35-33-15-4-6-17-37(33)45-42(41(35)43(36)47)31-12-10-11-30(27-31)28-21-23-29(24-22-28)44-46-38-18-7-9-20-40(38)48-44/h1-27H. The van der Waals surface area contributed by atoms with Crippen molar-refractivity contribution < 1.29 is 4.42 Å². The van der Waals surface area contributed by atoms with E-state index in [1.54, 1.807) is 0 Å². The van der Waals surface area contributed by atoms with E-state index in [4.69, 9.17) is 9.40 Å². The van der Waals surface area contributed by atoms with Gasteiger partial charge in [-0.15, -0.1) is 0 Å². The van der Waals surface area contributed by atoms with E-state index in [1.165, 1.54) is 27.2 Å². The highest BCUT2D eigenvalue weighted by molar-refractivity contribution is 6.25. The van der Waals surface area contributed by atoms with E-state index in [2.05, 4.69) is 149 Å². The van der Waals surface area contributed by atoms with E-state index >= 15 is 0 Å². The second-order valence-electron chi connectivity index (χ2n) is 12.2. The van der Waals surface area contributed by atoms with Gasteiger partial charge >= 0.3 is 0 Å². The van der Waals surface area contributed by atoms with E-state index in [9.17, 15) is 0 Å². The molecule has 0 amide bonds. The van der Waals surface area contributed by atoms with Crippen LogP contribution in [0, 0.1) is 0 Å². The first kappa shape index (κ1) is 26.7. The van der Waals surface area contributed by atoms with Crippen LogP contribution in [0.1, 0.15) is 0 Å². The molecule has 0 spiro atoms. The first-order valence-electron chi connectivity index (χ1n) is 16.2. The number of hydrogen-bond donors (Lipinski definition) is 0. The molecule has 0 aliphatic rings. The van der Waals surface area contributed by atoms with Crippen molar-refractivity contribution in [2.75, 3.05) is 0 Å². The van der Waals surface area contributed by atoms with E-state index in [1.807, 2.05) is 24.3 Å². The van der Waals surface area contributed by atoms with Gasteiger partial charge in [0.2, 0.25) is 5.89 Å². The van der Waals surface area contributed by atoms with E-state index < -0.39 is 0 Å². The molecule has 0 saturated carbocycles. The zero-order valence-electron chi connectivity index (χ0n) is 25.8. The molecule has 0 atom stereocenters. The van der Waals surface area contributed by atoms with Crippen LogP contribution in [0.15, 0.2) is 168 Å². The van der Waals surface area contributed by atoms with Crippen molar-refractivity contribution in [3.63, 3.8) is 0 Å². The Morgan fingerprint density at radius 3 is 1.98 bits per heavy atom. The first-order chi connectivity index (χ1) is 23.8. The molecule has 0 bridgehead atoms. The van der Waals surface area contributed by atoms with Crippen LogP contribution in [0.25, 0.3) is 94.1 Å². The van der Waals surface area contributed by atoms with Gasteiger partial charge in [0.05, 0.1) is 22.2 Å². The molecule has 0 aliphatic heterocycles. The molecule has 3 heterocycles. The van der Waals surface area contributed by atoms with Gasteiger partial charge in [-0.1, -0.05) is 109 Å². The number of rotatable bonds is 4. The maximum absolute atomic E-state index is 6.03. The first-order valence-corrected chi connectivity index (χ1v) is 16.2. The summed E-state index contributed by atoms with van der Waals surface area (Å²) in [6.45, 7) is 0. The average Bonchev–Trinajstić information content (AvgIpc) is 3.75. The summed E-state index contributed by atoms with van der Waals surface area (Å²) in [5.74, 6) is 0.626. The molecule has 3 aromatic heterocycles. The molecule has 224 valence electrons. The van der Waals surface area contributed by atoms with Crippen molar-refractivity contribution in [1.29, 1.82) is 0 Å². The molecule has 4 nitrogen and oxygen atoms in total. The molecule has 10 aromatic rings. The van der Waals surface area contributed by atoms with Crippen molar-refractivity contribution in [2.24, 2.45) is 0 Å². The second-order valence-corrected chi connectivity index (χ2v) is 12.2. The molecule has 10 rings (SSSR count). The summed E-state index contributed by atoms with van der Waals surface area (Å²) in [6, 6.07) is 57.4. The van der Waals surface area contributed by atoms with E-state index in [0.717, 1.165) is 61.0 Å². The Hall–Kier alpha value is -6.52. The minimum absolute atomic E-state index is 0.626. The molecular weight excluding hydrogens is 587 g/mol. The maximum atomic E-state index is 6.03. The lowest BCUT2D eigenvalue weighted by molar-refractivity contribution is 0.620. The Balaban J connectivity index is 1.20. The van der Waals surface area contributed by atoms with E-state index in [-0.39, 0.29) is 0 Å². The van der Waals surface area contributed by atoms with Gasteiger partial charge in [0.25, 0.3) is 0 Å². The molecule has 0 unspecified atom stereocenters. The van der Waals surface area contributed by atoms with Crippen LogP contribution in [-0.4, -0.2) is 14.5 Å². The van der Waals surface area contributed by atoms with Gasteiger partial charge in [-0.05, 0) is 71.1 Å². The number of oxazole rings is 1. The average molecular weight is 614 g/mol. The molecule has 0 radical (unpaired) electrons. The largest absolute Gasteiger partial charge is 0.436 e. The van der Waals surface area contributed by atoms with Crippen LogP contribution in [0.2, 0.25) is 0 Å². The van der Waals surface area contributed by atoms with Crippen molar-refractivity contribution in [3.8, 4) is 39.5 Å². The Labute approximate surface area is 276 Å². The summed E-state index contributed by atoms with van der Waals surface area (Å²) < 4.78 is 8.43. The Morgan fingerprint density at radius 1 is 0.438 bits per heavy atom. The summed E-state index contributed by atoms with van der Waals surface area (Å²) in [5.41, 5.74) is 11.3. The van der Waals surface area contributed by atoms with Crippen molar-refractivity contribution in [3.05, 3.63) is 164 Å².